The molecule has 23 heavy (non-hydrogen) atoms. The molecule has 0 spiro atoms. The van der Waals surface area contributed by atoms with E-state index in [1.54, 1.807) is 11.5 Å². The summed E-state index contributed by atoms with van der Waals surface area (Å²) in [6.45, 7) is 1.93. The molecule has 2 aromatic rings. The number of carbonyl (C=O) groups is 1. The average Bonchev–Trinajstić information content (AvgIpc) is 3.09. The monoisotopic (exact) mass is 329 g/mol. The molecule has 0 saturated carbocycles. The van der Waals surface area contributed by atoms with Gasteiger partial charge in [-0.15, -0.1) is 10.2 Å². The summed E-state index contributed by atoms with van der Waals surface area (Å²) in [6, 6.07) is 0. The number of nitrogens with zero attached hydrogens (tertiary/aromatic N) is 4. The van der Waals surface area contributed by atoms with Crippen molar-refractivity contribution in [3.8, 4) is 0 Å². The summed E-state index contributed by atoms with van der Waals surface area (Å²) in [5.41, 5.74) is 0.763. The van der Waals surface area contributed by atoms with Crippen molar-refractivity contribution in [1.82, 2.24) is 25.2 Å². The Balaban J connectivity index is 1.66. The predicted molar refractivity (Wildman–Crippen MR) is 70.3 cm³/mol. The number of rotatable bonds is 3. The van der Waals surface area contributed by atoms with Gasteiger partial charge in [0.1, 0.15) is 12.1 Å². The van der Waals surface area contributed by atoms with Gasteiger partial charge in [-0.2, -0.15) is 13.2 Å². The first-order valence-electron chi connectivity index (χ1n) is 7.03. The summed E-state index contributed by atoms with van der Waals surface area (Å²) in [4.78, 5) is 11.9. The van der Waals surface area contributed by atoms with E-state index in [9.17, 15) is 18.0 Å². The van der Waals surface area contributed by atoms with Gasteiger partial charge in [-0.25, -0.2) is 0 Å². The van der Waals surface area contributed by atoms with Crippen molar-refractivity contribution in [1.29, 1.82) is 0 Å². The van der Waals surface area contributed by atoms with E-state index in [-0.39, 0.29) is 31.6 Å². The van der Waals surface area contributed by atoms with E-state index in [2.05, 4.69) is 25.2 Å². The van der Waals surface area contributed by atoms with Crippen molar-refractivity contribution in [3.05, 3.63) is 29.2 Å². The molecule has 10 heteroatoms. The number of alkyl halides is 3. The zero-order valence-electron chi connectivity index (χ0n) is 12.2. The summed E-state index contributed by atoms with van der Waals surface area (Å²) in [5, 5.41) is 13.9. The molecule has 3 rings (SSSR count). The fourth-order valence-electron chi connectivity index (χ4n) is 2.55. The minimum Gasteiger partial charge on any atom is -0.364 e. The van der Waals surface area contributed by atoms with Crippen molar-refractivity contribution >= 4 is 5.91 Å². The number of nitrogens with one attached hydrogen (secondary N) is 1. The van der Waals surface area contributed by atoms with Crippen LogP contribution in [0.4, 0.5) is 13.2 Å². The number of hydrogen-bond acceptors (Lipinski definition) is 5. The topological polar surface area (TPSA) is 85.8 Å². The Morgan fingerprint density at radius 2 is 2.26 bits per heavy atom. The van der Waals surface area contributed by atoms with Crippen LogP contribution in [0.1, 0.15) is 34.1 Å². The second-order valence-corrected chi connectivity index (χ2v) is 5.44. The van der Waals surface area contributed by atoms with Gasteiger partial charge in [0.25, 0.3) is 5.91 Å². The van der Waals surface area contributed by atoms with Gasteiger partial charge in [0.2, 0.25) is 0 Å². The molecule has 3 heterocycles. The average molecular weight is 329 g/mol. The second kappa shape index (κ2) is 5.67. The first-order chi connectivity index (χ1) is 10.9. The lowest BCUT2D eigenvalue weighted by atomic mass is 9.97. The van der Waals surface area contributed by atoms with E-state index >= 15 is 0 Å². The van der Waals surface area contributed by atoms with Gasteiger partial charge in [0.05, 0.1) is 12.5 Å². The highest BCUT2D eigenvalue weighted by atomic mass is 19.4. The Morgan fingerprint density at radius 1 is 1.48 bits per heavy atom. The van der Waals surface area contributed by atoms with Crippen LogP contribution in [0.15, 0.2) is 10.8 Å². The van der Waals surface area contributed by atoms with E-state index in [0.29, 0.717) is 17.2 Å². The maximum atomic E-state index is 12.8. The molecule has 7 nitrogen and oxygen atoms in total. The zero-order valence-corrected chi connectivity index (χ0v) is 12.2. The van der Waals surface area contributed by atoms with E-state index in [1.165, 1.54) is 6.26 Å². The summed E-state index contributed by atoms with van der Waals surface area (Å²) < 4.78 is 44.6. The summed E-state index contributed by atoms with van der Waals surface area (Å²) in [7, 11) is 0. The Morgan fingerprint density at radius 3 is 2.91 bits per heavy atom. The Hall–Kier alpha value is -2.39. The van der Waals surface area contributed by atoms with Gasteiger partial charge in [0.15, 0.2) is 11.5 Å². The van der Waals surface area contributed by atoms with Crippen LogP contribution in [0.25, 0.3) is 0 Å². The molecule has 1 aliphatic rings. The van der Waals surface area contributed by atoms with Crippen LogP contribution < -0.4 is 5.32 Å². The van der Waals surface area contributed by atoms with Crippen molar-refractivity contribution in [2.24, 2.45) is 5.92 Å². The van der Waals surface area contributed by atoms with Crippen LogP contribution in [0.2, 0.25) is 0 Å². The van der Waals surface area contributed by atoms with Gasteiger partial charge < -0.3 is 14.4 Å². The highest BCUT2D eigenvalue weighted by Crippen LogP contribution is 2.34. The number of amides is 1. The SMILES string of the molecule is Cc1conc1C(=O)NCc1nnc2n1CCC(C(F)(F)F)C2. The Kier molecular flexibility index (Phi) is 3.82. The van der Waals surface area contributed by atoms with Crippen LogP contribution >= 0.6 is 0 Å². The summed E-state index contributed by atoms with van der Waals surface area (Å²) in [6.07, 6.45) is -3.08. The van der Waals surface area contributed by atoms with Crippen LogP contribution in [-0.2, 0) is 19.5 Å². The normalized spacial score (nSPS) is 17.8. The molecule has 0 saturated heterocycles. The van der Waals surface area contributed by atoms with Crippen molar-refractivity contribution in [2.75, 3.05) is 0 Å². The Labute approximate surface area is 128 Å². The maximum absolute atomic E-state index is 12.8. The fraction of sp³-hybridized carbons (Fsp3) is 0.538. The molecule has 1 atom stereocenters. The van der Waals surface area contributed by atoms with E-state index in [4.69, 9.17) is 0 Å². The van der Waals surface area contributed by atoms with Gasteiger partial charge in [0, 0.05) is 18.5 Å². The smallest absolute Gasteiger partial charge is 0.364 e. The molecule has 0 bridgehead atoms. The van der Waals surface area contributed by atoms with E-state index in [0.717, 1.165) is 0 Å². The second-order valence-electron chi connectivity index (χ2n) is 5.44. The van der Waals surface area contributed by atoms with Crippen LogP contribution in [0.5, 0.6) is 0 Å². The maximum Gasteiger partial charge on any atom is 0.392 e. The molecular weight excluding hydrogens is 315 g/mol. The number of aromatic nitrogens is 4. The third kappa shape index (κ3) is 3.06. The quantitative estimate of drug-likeness (QED) is 0.925. The molecule has 1 unspecified atom stereocenters. The largest absolute Gasteiger partial charge is 0.392 e. The lowest BCUT2D eigenvalue weighted by molar-refractivity contribution is -0.179. The van der Waals surface area contributed by atoms with Gasteiger partial charge in [-0.05, 0) is 13.3 Å². The molecular formula is C13H14F3N5O2. The van der Waals surface area contributed by atoms with Gasteiger partial charge >= 0.3 is 6.18 Å². The number of aryl methyl sites for hydroxylation is 1. The molecule has 0 radical (unpaired) electrons. The lowest BCUT2D eigenvalue weighted by Gasteiger charge is -2.25. The van der Waals surface area contributed by atoms with Gasteiger partial charge in [-0.3, -0.25) is 4.79 Å². The lowest BCUT2D eigenvalue weighted by Crippen LogP contribution is -2.32. The third-order valence-corrected chi connectivity index (χ3v) is 3.87. The predicted octanol–water partition coefficient (Wildman–Crippen LogP) is 1.63. The molecule has 0 aliphatic carbocycles. The van der Waals surface area contributed by atoms with Gasteiger partial charge in [-0.1, -0.05) is 5.16 Å². The molecule has 124 valence electrons. The third-order valence-electron chi connectivity index (χ3n) is 3.87. The number of hydrogen-bond donors (Lipinski definition) is 1. The standard InChI is InChI=1S/C13H14F3N5O2/c1-7-6-23-20-11(7)12(22)17-5-10-19-18-9-4-8(13(14,15)16)2-3-21(9)10/h6,8H,2-5H2,1H3,(H,17,22). The zero-order chi connectivity index (χ0) is 16.6. The number of carbonyl (C=O) groups excluding carboxylic acids is 1. The molecule has 0 aromatic carbocycles. The number of halogens is 3. The fourth-order valence-corrected chi connectivity index (χ4v) is 2.55. The van der Waals surface area contributed by atoms with E-state index < -0.39 is 18.0 Å². The molecule has 1 aliphatic heterocycles. The van der Waals surface area contributed by atoms with Crippen LogP contribution in [0, 0.1) is 12.8 Å². The van der Waals surface area contributed by atoms with Crippen molar-refractivity contribution < 1.29 is 22.5 Å². The van der Waals surface area contributed by atoms with Crippen molar-refractivity contribution in [2.45, 2.75) is 39.0 Å². The minimum atomic E-state index is -4.23. The minimum absolute atomic E-state index is 0.0160. The first-order valence-corrected chi connectivity index (χ1v) is 7.03. The van der Waals surface area contributed by atoms with E-state index in [1.807, 2.05) is 0 Å². The molecule has 1 N–H and O–H groups in total. The first kappa shape index (κ1) is 15.5. The number of fused-ring (bicyclic) bond motifs is 1. The van der Waals surface area contributed by atoms with Crippen LogP contribution in [-0.4, -0.2) is 32.0 Å². The van der Waals surface area contributed by atoms with Crippen LogP contribution in [0.3, 0.4) is 0 Å². The highest BCUT2D eigenvalue weighted by molar-refractivity contribution is 5.93. The van der Waals surface area contributed by atoms with Crippen molar-refractivity contribution in [3.63, 3.8) is 0 Å². The summed E-state index contributed by atoms with van der Waals surface area (Å²) in [5.74, 6) is -1.10. The molecule has 1 amide bonds. The Bertz CT molecular complexity index is 722. The molecule has 2 aromatic heterocycles. The highest BCUT2D eigenvalue weighted by Gasteiger charge is 2.42. The summed E-state index contributed by atoms with van der Waals surface area (Å²) >= 11 is 0. The molecule has 0 fully saturated rings.